The summed E-state index contributed by atoms with van der Waals surface area (Å²) in [7, 11) is 0. The van der Waals surface area contributed by atoms with Gasteiger partial charge >= 0.3 is 0 Å². The molecule has 2 nitrogen and oxygen atoms in total. The highest BCUT2D eigenvalue weighted by Gasteiger charge is 2.34. The standard InChI is InChI=1S/C12H16NO/c1-12(2,3)10-8-14-11(13-10)9-6-4-5-7-9/h4-7,10H,8H2,1-3H3. The third kappa shape index (κ3) is 1.94. The molecule has 1 aliphatic carbocycles. The van der Waals surface area contributed by atoms with E-state index in [9.17, 15) is 0 Å². The van der Waals surface area contributed by atoms with Gasteiger partial charge in [-0.05, 0) is 31.1 Å². The Kier molecular flexibility index (Phi) is 2.54. The van der Waals surface area contributed by atoms with Gasteiger partial charge in [-0.15, -0.1) is 0 Å². The SMILES string of the molecule is CC(C)(C)C1COC([C]2[CH][CH][CH][CH]2)=N1. The zero-order valence-electron chi connectivity index (χ0n) is 8.95. The second kappa shape index (κ2) is 3.56. The number of rotatable bonds is 1. The Labute approximate surface area is 86.8 Å². The van der Waals surface area contributed by atoms with Crippen LogP contribution in [0, 0.1) is 37.0 Å². The first-order valence-electron chi connectivity index (χ1n) is 5.00. The van der Waals surface area contributed by atoms with Crippen molar-refractivity contribution in [1.29, 1.82) is 0 Å². The van der Waals surface area contributed by atoms with Crippen LogP contribution in [0.3, 0.4) is 0 Å². The lowest BCUT2D eigenvalue weighted by Crippen LogP contribution is -2.25. The van der Waals surface area contributed by atoms with E-state index in [4.69, 9.17) is 4.74 Å². The number of ether oxygens (including phenoxy) is 1. The lowest BCUT2D eigenvalue weighted by atomic mass is 9.88. The first-order chi connectivity index (χ1) is 6.57. The molecule has 5 radical (unpaired) electrons. The van der Waals surface area contributed by atoms with E-state index in [1.807, 2.05) is 25.7 Å². The molecule has 0 N–H and O–H groups in total. The van der Waals surface area contributed by atoms with Crippen molar-refractivity contribution in [2.45, 2.75) is 26.8 Å². The van der Waals surface area contributed by atoms with Crippen LogP contribution in [0.1, 0.15) is 20.8 Å². The molecule has 2 aliphatic rings. The molecule has 0 spiro atoms. The number of hydrogen-bond donors (Lipinski definition) is 0. The van der Waals surface area contributed by atoms with E-state index < -0.39 is 0 Å². The van der Waals surface area contributed by atoms with Crippen LogP contribution in [0.15, 0.2) is 4.99 Å². The molecule has 1 heterocycles. The second-order valence-corrected chi connectivity index (χ2v) is 4.80. The van der Waals surface area contributed by atoms with Gasteiger partial charge in [-0.25, -0.2) is 4.99 Å². The molecule has 0 aromatic carbocycles. The lowest BCUT2D eigenvalue weighted by molar-refractivity contribution is 0.235. The third-order valence-corrected chi connectivity index (χ3v) is 2.56. The van der Waals surface area contributed by atoms with E-state index in [-0.39, 0.29) is 11.5 Å². The Morgan fingerprint density at radius 2 is 1.93 bits per heavy atom. The summed E-state index contributed by atoms with van der Waals surface area (Å²) in [5.41, 5.74) is 0.189. The molecule has 1 unspecified atom stereocenters. The van der Waals surface area contributed by atoms with Gasteiger partial charge in [-0.3, -0.25) is 0 Å². The fraction of sp³-hybridized carbons (Fsp3) is 0.500. The average molecular weight is 190 g/mol. The summed E-state index contributed by atoms with van der Waals surface area (Å²) in [5.74, 6) is 1.90. The van der Waals surface area contributed by atoms with Gasteiger partial charge in [0, 0.05) is 0 Å². The summed E-state index contributed by atoms with van der Waals surface area (Å²) in [6, 6.07) is 0.285. The van der Waals surface area contributed by atoms with E-state index in [0.717, 1.165) is 11.8 Å². The molecule has 1 saturated carbocycles. The van der Waals surface area contributed by atoms with Crippen LogP contribution in [-0.2, 0) is 4.74 Å². The van der Waals surface area contributed by atoms with E-state index in [1.54, 1.807) is 0 Å². The lowest BCUT2D eigenvalue weighted by Gasteiger charge is -2.21. The summed E-state index contributed by atoms with van der Waals surface area (Å²) in [6.07, 6.45) is 8.07. The highest BCUT2D eigenvalue weighted by molar-refractivity contribution is 5.96. The minimum Gasteiger partial charge on any atom is -0.478 e. The molecular weight excluding hydrogens is 174 g/mol. The first kappa shape index (κ1) is 10.0. The van der Waals surface area contributed by atoms with Crippen LogP contribution in [0.5, 0.6) is 0 Å². The maximum Gasteiger partial charge on any atom is 0.191 e. The normalized spacial score (nSPS) is 29.1. The van der Waals surface area contributed by atoms with Gasteiger partial charge in [0.05, 0.1) is 12.0 Å². The minimum absolute atomic E-state index is 0.189. The molecule has 2 rings (SSSR count). The fourth-order valence-electron chi connectivity index (χ4n) is 1.49. The predicted octanol–water partition coefficient (Wildman–Crippen LogP) is 2.24. The number of nitrogens with zero attached hydrogens (tertiary/aromatic N) is 1. The van der Waals surface area contributed by atoms with Crippen LogP contribution < -0.4 is 0 Å². The molecular formula is C12H16NO. The van der Waals surface area contributed by atoms with E-state index in [2.05, 4.69) is 25.8 Å². The maximum atomic E-state index is 5.59. The third-order valence-electron chi connectivity index (χ3n) is 2.56. The molecule has 0 amide bonds. The molecule has 1 fully saturated rings. The second-order valence-electron chi connectivity index (χ2n) is 4.80. The minimum atomic E-state index is 0.189. The van der Waals surface area contributed by atoms with Crippen LogP contribution in [-0.4, -0.2) is 18.5 Å². The molecule has 0 saturated heterocycles. The fourth-order valence-corrected chi connectivity index (χ4v) is 1.49. The average Bonchev–Trinajstić information content (AvgIpc) is 2.73. The van der Waals surface area contributed by atoms with Gasteiger partial charge in [-0.1, -0.05) is 20.8 Å². The maximum absolute atomic E-state index is 5.59. The Morgan fingerprint density at radius 1 is 1.29 bits per heavy atom. The quantitative estimate of drug-likeness (QED) is 0.621. The van der Waals surface area contributed by atoms with Gasteiger partial charge in [0.1, 0.15) is 6.61 Å². The zero-order chi connectivity index (χ0) is 10.2. The van der Waals surface area contributed by atoms with E-state index in [0.29, 0.717) is 6.61 Å². The van der Waals surface area contributed by atoms with E-state index in [1.165, 1.54) is 0 Å². The van der Waals surface area contributed by atoms with E-state index >= 15 is 0 Å². The van der Waals surface area contributed by atoms with Crippen LogP contribution in [0.25, 0.3) is 0 Å². The summed E-state index contributed by atoms with van der Waals surface area (Å²) < 4.78 is 5.59. The molecule has 14 heavy (non-hydrogen) atoms. The van der Waals surface area contributed by atoms with Gasteiger partial charge in [0.25, 0.3) is 0 Å². The molecule has 0 aromatic rings. The van der Waals surface area contributed by atoms with Crippen molar-refractivity contribution in [3.8, 4) is 0 Å². The summed E-state index contributed by atoms with van der Waals surface area (Å²) in [5, 5.41) is 0. The topological polar surface area (TPSA) is 21.6 Å². The van der Waals surface area contributed by atoms with Crippen molar-refractivity contribution in [3.05, 3.63) is 31.6 Å². The Morgan fingerprint density at radius 3 is 2.43 bits per heavy atom. The molecule has 1 aliphatic heterocycles. The molecule has 0 aromatic heterocycles. The number of aliphatic imine (C=N–C) groups is 1. The Bertz CT molecular complexity index is 233. The van der Waals surface area contributed by atoms with Crippen molar-refractivity contribution in [2.24, 2.45) is 10.4 Å². The van der Waals surface area contributed by atoms with Crippen molar-refractivity contribution in [2.75, 3.05) is 6.61 Å². The van der Waals surface area contributed by atoms with Crippen molar-refractivity contribution < 1.29 is 4.74 Å². The summed E-state index contributed by atoms with van der Waals surface area (Å²) >= 11 is 0. The first-order valence-corrected chi connectivity index (χ1v) is 5.00. The molecule has 75 valence electrons. The van der Waals surface area contributed by atoms with Gasteiger partial charge < -0.3 is 4.74 Å². The smallest absolute Gasteiger partial charge is 0.191 e. The zero-order valence-corrected chi connectivity index (χ0v) is 8.95. The predicted molar refractivity (Wildman–Crippen MR) is 57.1 cm³/mol. The highest BCUT2D eigenvalue weighted by atomic mass is 16.5. The Hall–Kier alpha value is -0.530. The van der Waals surface area contributed by atoms with Crippen LogP contribution in [0.4, 0.5) is 0 Å². The molecule has 1 atom stereocenters. The monoisotopic (exact) mass is 190 g/mol. The summed E-state index contributed by atoms with van der Waals surface area (Å²) in [4.78, 5) is 4.60. The molecule has 2 heteroatoms. The van der Waals surface area contributed by atoms with Crippen LogP contribution >= 0.6 is 0 Å². The highest BCUT2D eigenvalue weighted by Crippen LogP contribution is 2.32. The van der Waals surface area contributed by atoms with Gasteiger partial charge in [0.2, 0.25) is 0 Å². The van der Waals surface area contributed by atoms with Crippen LogP contribution in [0.2, 0.25) is 0 Å². The van der Waals surface area contributed by atoms with Gasteiger partial charge in [-0.2, -0.15) is 0 Å². The number of hydrogen-bond acceptors (Lipinski definition) is 2. The van der Waals surface area contributed by atoms with Crippen molar-refractivity contribution in [3.63, 3.8) is 0 Å². The van der Waals surface area contributed by atoms with Crippen molar-refractivity contribution >= 4 is 5.90 Å². The van der Waals surface area contributed by atoms with Crippen molar-refractivity contribution in [1.82, 2.24) is 0 Å². The largest absolute Gasteiger partial charge is 0.478 e. The Balaban J connectivity index is 2.01. The molecule has 0 bridgehead atoms. The van der Waals surface area contributed by atoms with Gasteiger partial charge in [0.15, 0.2) is 5.90 Å². The summed E-state index contributed by atoms with van der Waals surface area (Å²) in [6.45, 7) is 7.29.